The quantitative estimate of drug-likeness (QED) is 0.665. The number of pyridine rings is 1. The van der Waals surface area contributed by atoms with Gasteiger partial charge in [-0.1, -0.05) is 30.7 Å². The number of amides is 1. The Hall–Kier alpha value is -2.02. The van der Waals surface area contributed by atoms with Gasteiger partial charge in [0.05, 0.1) is 12.1 Å². The van der Waals surface area contributed by atoms with E-state index in [0.29, 0.717) is 25.1 Å². The molecule has 1 amide bonds. The Morgan fingerprint density at radius 1 is 1.38 bits per heavy atom. The highest BCUT2D eigenvalue weighted by atomic mass is 32.2. The van der Waals surface area contributed by atoms with Gasteiger partial charge in [-0.05, 0) is 38.2 Å². The van der Waals surface area contributed by atoms with Crippen molar-refractivity contribution in [1.82, 2.24) is 14.7 Å². The zero-order chi connectivity index (χ0) is 17.2. The third-order valence-electron chi connectivity index (χ3n) is 4.39. The Labute approximate surface area is 145 Å². The molecule has 0 radical (unpaired) electrons. The fourth-order valence-corrected chi connectivity index (χ4v) is 3.76. The van der Waals surface area contributed by atoms with Gasteiger partial charge in [-0.25, -0.2) is 9.78 Å². The highest BCUT2D eigenvalue weighted by Gasteiger charge is 2.44. The van der Waals surface area contributed by atoms with Gasteiger partial charge in [-0.15, -0.1) is 0 Å². The molecule has 0 spiro atoms. The fourth-order valence-electron chi connectivity index (χ4n) is 3.23. The van der Waals surface area contributed by atoms with Crippen LogP contribution in [0.5, 0.6) is 0 Å². The van der Waals surface area contributed by atoms with E-state index in [2.05, 4.69) is 10.3 Å². The van der Waals surface area contributed by atoms with Gasteiger partial charge in [0.2, 0.25) is 0 Å². The van der Waals surface area contributed by atoms with Crippen LogP contribution in [0.1, 0.15) is 43.1 Å². The second-order valence-corrected chi connectivity index (χ2v) is 6.64. The van der Waals surface area contributed by atoms with Crippen LogP contribution in [0.2, 0.25) is 0 Å². The van der Waals surface area contributed by atoms with Gasteiger partial charge >= 0.3 is 5.97 Å². The molecule has 0 bridgehead atoms. The van der Waals surface area contributed by atoms with Gasteiger partial charge in [0.15, 0.2) is 10.9 Å². The maximum absolute atomic E-state index is 12.9. The van der Waals surface area contributed by atoms with Crippen molar-refractivity contribution in [3.05, 3.63) is 30.1 Å². The summed E-state index contributed by atoms with van der Waals surface area (Å²) in [6.45, 7) is 2.08. The van der Waals surface area contributed by atoms with Crippen LogP contribution in [-0.2, 0) is 9.53 Å². The average Bonchev–Trinajstić information content (AvgIpc) is 3.20. The van der Waals surface area contributed by atoms with E-state index in [9.17, 15) is 9.59 Å². The zero-order valence-electron chi connectivity index (χ0n) is 13.9. The molecule has 1 saturated carbocycles. The number of nitrogens with one attached hydrogen (secondary N) is 1. The lowest BCUT2D eigenvalue weighted by molar-refractivity contribution is -0.150. The molecule has 2 heterocycles. The standard InChI is InChI=1S/C17H21N3O3S/c1-3-23-15(22)17(9-5-6-10-17)19-14(21)13-12-8-4-7-11-20(12)16(18-13)24-2/h4,7-8,11H,3,5-6,9-10H2,1-2H3,(H,19,21). The zero-order valence-corrected chi connectivity index (χ0v) is 14.7. The summed E-state index contributed by atoms with van der Waals surface area (Å²) >= 11 is 1.47. The lowest BCUT2D eigenvalue weighted by Gasteiger charge is -2.27. The number of hydrogen-bond donors (Lipinski definition) is 1. The highest BCUT2D eigenvalue weighted by Crippen LogP contribution is 2.31. The number of hydrogen-bond acceptors (Lipinski definition) is 5. The first kappa shape index (κ1) is 16.8. The van der Waals surface area contributed by atoms with E-state index in [1.807, 2.05) is 35.1 Å². The molecule has 3 rings (SSSR count). The Kier molecular flexibility index (Phi) is 4.80. The number of esters is 1. The molecule has 2 aromatic heterocycles. The molecule has 1 aliphatic carbocycles. The number of ether oxygens (including phenoxy) is 1. The van der Waals surface area contributed by atoms with Crippen LogP contribution in [0.3, 0.4) is 0 Å². The number of carbonyl (C=O) groups excluding carboxylic acids is 2. The molecule has 6 nitrogen and oxygen atoms in total. The van der Waals surface area contributed by atoms with Gasteiger partial charge in [-0.3, -0.25) is 9.20 Å². The Morgan fingerprint density at radius 2 is 2.12 bits per heavy atom. The Bertz CT molecular complexity index is 766. The summed E-state index contributed by atoms with van der Waals surface area (Å²) in [6.07, 6.45) is 6.82. The third kappa shape index (κ3) is 2.88. The molecule has 0 atom stereocenters. The van der Waals surface area contributed by atoms with Crippen molar-refractivity contribution in [3.63, 3.8) is 0 Å². The molecule has 0 aromatic carbocycles. The number of fused-ring (bicyclic) bond motifs is 1. The molecular formula is C17H21N3O3S. The van der Waals surface area contributed by atoms with Gasteiger partial charge in [0, 0.05) is 6.20 Å². The smallest absolute Gasteiger partial charge is 0.331 e. The van der Waals surface area contributed by atoms with E-state index in [-0.39, 0.29) is 11.9 Å². The topological polar surface area (TPSA) is 72.7 Å². The molecule has 24 heavy (non-hydrogen) atoms. The van der Waals surface area contributed by atoms with Gasteiger partial charge < -0.3 is 10.1 Å². The predicted octanol–water partition coefficient (Wildman–Crippen LogP) is 2.66. The largest absolute Gasteiger partial charge is 0.464 e. The minimum Gasteiger partial charge on any atom is -0.464 e. The first-order valence-electron chi connectivity index (χ1n) is 8.12. The van der Waals surface area contributed by atoms with Crippen LogP contribution in [0.25, 0.3) is 5.52 Å². The number of thioether (sulfide) groups is 1. The molecular weight excluding hydrogens is 326 g/mol. The van der Waals surface area contributed by atoms with E-state index in [1.165, 1.54) is 11.8 Å². The molecule has 7 heteroatoms. The number of carbonyl (C=O) groups is 2. The van der Waals surface area contributed by atoms with Crippen LogP contribution in [0.4, 0.5) is 0 Å². The maximum Gasteiger partial charge on any atom is 0.331 e. The molecule has 0 saturated heterocycles. The summed E-state index contributed by atoms with van der Waals surface area (Å²) in [5.41, 5.74) is 0.157. The number of aromatic nitrogens is 2. The molecule has 0 aliphatic heterocycles. The van der Waals surface area contributed by atoms with Crippen LogP contribution in [0, 0.1) is 0 Å². The van der Waals surface area contributed by atoms with Crippen LogP contribution in [-0.4, -0.2) is 39.7 Å². The van der Waals surface area contributed by atoms with Gasteiger partial charge in [-0.2, -0.15) is 0 Å². The van der Waals surface area contributed by atoms with E-state index in [1.54, 1.807) is 6.92 Å². The molecule has 1 aliphatic rings. The Morgan fingerprint density at radius 3 is 2.79 bits per heavy atom. The lowest BCUT2D eigenvalue weighted by atomic mass is 9.97. The van der Waals surface area contributed by atoms with Crippen molar-refractivity contribution in [1.29, 1.82) is 0 Å². The molecule has 2 aromatic rings. The van der Waals surface area contributed by atoms with Crippen molar-refractivity contribution < 1.29 is 14.3 Å². The maximum atomic E-state index is 12.9. The van der Waals surface area contributed by atoms with Crippen molar-refractivity contribution in [2.24, 2.45) is 0 Å². The van der Waals surface area contributed by atoms with Crippen LogP contribution >= 0.6 is 11.8 Å². The first-order valence-corrected chi connectivity index (χ1v) is 9.34. The van der Waals surface area contributed by atoms with Gasteiger partial charge in [0.25, 0.3) is 5.91 Å². The predicted molar refractivity (Wildman–Crippen MR) is 92.3 cm³/mol. The van der Waals surface area contributed by atoms with E-state index >= 15 is 0 Å². The molecule has 128 valence electrons. The van der Waals surface area contributed by atoms with Crippen molar-refractivity contribution in [2.75, 3.05) is 12.9 Å². The summed E-state index contributed by atoms with van der Waals surface area (Å²) in [6, 6.07) is 5.62. The van der Waals surface area contributed by atoms with Crippen LogP contribution < -0.4 is 5.32 Å². The third-order valence-corrected chi connectivity index (χ3v) is 5.04. The van der Waals surface area contributed by atoms with Crippen LogP contribution in [0.15, 0.2) is 29.6 Å². The Balaban J connectivity index is 1.93. The normalized spacial score (nSPS) is 16.2. The molecule has 1 fully saturated rings. The molecule has 1 N–H and O–H groups in total. The SMILES string of the molecule is CCOC(=O)C1(NC(=O)c2nc(SC)n3ccccc23)CCCC1. The average molecular weight is 347 g/mol. The number of rotatable bonds is 5. The summed E-state index contributed by atoms with van der Waals surface area (Å²) in [7, 11) is 0. The number of nitrogens with zero attached hydrogens (tertiary/aromatic N) is 2. The number of imidazole rings is 1. The van der Waals surface area contributed by atoms with Crippen molar-refractivity contribution >= 4 is 29.2 Å². The summed E-state index contributed by atoms with van der Waals surface area (Å²) < 4.78 is 7.08. The summed E-state index contributed by atoms with van der Waals surface area (Å²) in [4.78, 5) is 29.7. The fraction of sp³-hybridized carbons (Fsp3) is 0.471. The lowest BCUT2D eigenvalue weighted by Crippen LogP contribution is -2.53. The first-order chi connectivity index (χ1) is 11.6. The second-order valence-electron chi connectivity index (χ2n) is 5.87. The summed E-state index contributed by atoms with van der Waals surface area (Å²) in [5, 5.41) is 3.67. The van der Waals surface area contributed by atoms with E-state index < -0.39 is 5.54 Å². The minimum atomic E-state index is -0.919. The second kappa shape index (κ2) is 6.84. The van der Waals surface area contributed by atoms with Crippen molar-refractivity contribution in [3.8, 4) is 0 Å². The highest BCUT2D eigenvalue weighted by molar-refractivity contribution is 7.98. The van der Waals surface area contributed by atoms with Crippen molar-refractivity contribution in [2.45, 2.75) is 43.3 Å². The van der Waals surface area contributed by atoms with E-state index in [4.69, 9.17) is 4.74 Å². The minimum absolute atomic E-state index is 0.306. The molecule has 0 unspecified atom stereocenters. The summed E-state index contributed by atoms with van der Waals surface area (Å²) in [5.74, 6) is -0.668. The van der Waals surface area contributed by atoms with E-state index in [0.717, 1.165) is 23.5 Å². The monoisotopic (exact) mass is 347 g/mol. The van der Waals surface area contributed by atoms with Gasteiger partial charge in [0.1, 0.15) is 5.54 Å².